The Hall–Kier alpha value is -0.900. The van der Waals surface area contributed by atoms with Gasteiger partial charge in [0, 0.05) is 24.7 Å². The Morgan fingerprint density at radius 2 is 2.00 bits per heavy atom. The molecule has 5 atom stereocenters. The number of hydrogen-bond donors (Lipinski definition) is 0. The van der Waals surface area contributed by atoms with Crippen LogP contribution in [0.1, 0.15) is 58.8 Å². The second-order valence-corrected chi connectivity index (χ2v) is 8.24. The van der Waals surface area contributed by atoms with E-state index in [0.29, 0.717) is 17.6 Å². The molecule has 3 rings (SSSR count). The van der Waals surface area contributed by atoms with Crippen LogP contribution < -0.4 is 0 Å². The molecule has 4 heteroatoms. The van der Waals surface area contributed by atoms with Gasteiger partial charge in [0.05, 0.1) is 0 Å². The van der Waals surface area contributed by atoms with Gasteiger partial charge in [-0.25, -0.2) is 0 Å². The summed E-state index contributed by atoms with van der Waals surface area (Å²) >= 11 is 0. The summed E-state index contributed by atoms with van der Waals surface area (Å²) < 4.78 is 5.71. The van der Waals surface area contributed by atoms with Gasteiger partial charge >= 0.3 is 5.97 Å². The highest BCUT2D eigenvalue weighted by atomic mass is 16.5. The third-order valence-corrected chi connectivity index (χ3v) is 6.60. The average Bonchev–Trinajstić information content (AvgIpc) is 2.76. The van der Waals surface area contributed by atoms with E-state index in [0.717, 1.165) is 58.0 Å². The van der Waals surface area contributed by atoms with Gasteiger partial charge in [0.1, 0.15) is 11.9 Å². The maximum atomic E-state index is 13.2. The van der Waals surface area contributed by atoms with Crippen molar-refractivity contribution in [2.24, 2.45) is 23.2 Å². The Morgan fingerprint density at radius 1 is 1.26 bits per heavy atom. The number of carbonyl (C=O) groups is 2. The first kappa shape index (κ1) is 16.9. The molecular formula is C19H31NO3. The molecule has 0 aromatic rings. The number of ketones is 1. The second kappa shape index (κ2) is 6.54. The molecule has 0 amide bonds. The van der Waals surface area contributed by atoms with Gasteiger partial charge in [-0.15, -0.1) is 0 Å². The van der Waals surface area contributed by atoms with E-state index in [4.69, 9.17) is 4.74 Å². The summed E-state index contributed by atoms with van der Waals surface area (Å²) in [6.45, 7) is 5.85. The standard InChI is InChI=1S/C19H31NO3/c1-13-10-15-12-17(23-14(2)21)16-6-4-8-20(3)9-5-7-19(15,16)18(22)11-13/h13,15-17H,4-12H2,1-3H3/t13-,15+,16-,17-,19+/m1/s1. The lowest BCUT2D eigenvalue weighted by Crippen LogP contribution is -2.46. The fourth-order valence-electron chi connectivity index (χ4n) is 5.76. The van der Waals surface area contributed by atoms with Crippen molar-refractivity contribution in [3.05, 3.63) is 0 Å². The number of Topliss-reactive ketones (excluding diaryl/α,β-unsaturated/α-hetero) is 1. The minimum Gasteiger partial charge on any atom is -0.462 e. The average molecular weight is 321 g/mol. The molecule has 0 unspecified atom stereocenters. The summed E-state index contributed by atoms with van der Waals surface area (Å²) in [4.78, 5) is 27.1. The second-order valence-electron chi connectivity index (χ2n) is 8.24. The molecule has 1 saturated heterocycles. The Bertz CT molecular complexity index is 477. The first-order valence-electron chi connectivity index (χ1n) is 9.32. The minimum absolute atomic E-state index is 0.0462. The molecule has 1 aliphatic heterocycles. The van der Waals surface area contributed by atoms with Crippen LogP contribution in [0.4, 0.5) is 0 Å². The molecular weight excluding hydrogens is 290 g/mol. The van der Waals surface area contributed by atoms with Crippen molar-refractivity contribution in [1.82, 2.24) is 4.90 Å². The van der Waals surface area contributed by atoms with Crippen LogP contribution in [0.25, 0.3) is 0 Å². The summed E-state index contributed by atoms with van der Waals surface area (Å²) in [6, 6.07) is 0. The number of esters is 1. The number of nitrogens with zero attached hydrogens (tertiary/aromatic N) is 1. The van der Waals surface area contributed by atoms with E-state index >= 15 is 0 Å². The third kappa shape index (κ3) is 3.07. The quantitative estimate of drug-likeness (QED) is 0.697. The van der Waals surface area contributed by atoms with Gasteiger partial charge in [-0.1, -0.05) is 6.92 Å². The van der Waals surface area contributed by atoms with Crippen LogP contribution >= 0.6 is 0 Å². The largest absolute Gasteiger partial charge is 0.462 e. The molecule has 1 spiro atoms. The van der Waals surface area contributed by atoms with Crippen molar-refractivity contribution in [3.8, 4) is 0 Å². The highest BCUT2D eigenvalue weighted by molar-refractivity contribution is 5.87. The molecule has 1 heterocycles. The first-order chi connectivity index (χ1) is 10.9. The van der Waals surface area contributed by atoms with E-state index in [9.17, 15) is 9.59 Å². The van der Waals surface area contributed by atoms with E-state index < -0.39 is 0 Å². The maximum absolute atomic E-state index is 13.2. The van der Waals surface area contributed by atoms with Crippen molar-refractivity contribution in [1.29, 1.82) is 0 Å². The Balaban J connectivity index is 1.93. The monoisotopic (exact) mass is 321 g/mol. The van der Waals surface area contributed by atoms with Crippen LogP contribution in [-0.4, -0.2) is 42.9 Å². The van der Waals surface area contributed by atoms with Gasteiger partial charge in [-0.05, 0) is 70.5 Å². The molecule has 0 bridgehead atoms. The van der Waals surface area contributed by atoms with Gasteiger partial charge in [-0.2, -0.15) is 0 Å². The van der Waals surface area contributed by atoms with E-state index in [1.807, 2.05) is 0 Å². The predicted molar refractivity (Wildman–Crippen MR) is 89.0 cm³/mol. The molecule has 2 aliphatic carbocycles. The summed E-state index contributed by atoms with van der Waals surface area (Å²) in [7, 11) is 2.17. The highest BCUT2D eigenvalue weighted by Gasteiger charge is 2.61. The van der Waals surface area contributed by atoms with E-state index in [2.05, 4.69) is 18.9 Å². The lowest BCUT2D eigenvalue weighted by atomic mass is 9.58. The molecule has 2 saturated carbocycles. The summed E-state index contributed by atoms with van der Waals surface area (Å²) in [5.74, 6) is 1.40. The molecule has 4 nitrogen and oxygen atoms in total. The SMILES string of the molecule is CC(=O)O[C@@H]1C[C@@H]2C[C@@H](C)CC(=O)[C@@]23CCCN(C)CCC[C@H]13. The number of carbonyl (C=O) groups excluding carboxylic acids is 2. The Kier molecular flexibility index (Phi) is 4.82. The third-order valence-electron chi connectivity index (χ3n) is 6.60. The van der Waals surface area contributed by atoms with Crippen molar-refractivity contribution in [2.45, 2.75) is 64.9 Å². The van der Waals surface area contributed by atoms with E-state index in [1.165, 1.54) is 6.92 Å². The molecule has 0 radical (unpaired) electrons. The van der Waals surface area contributed by atoms with E-state index in [1.54, 1.807) is 0 Å². The zero-order valence-electron chi connectivity index (χ0n) is 14.8. The fraction of sp³-hybridized carbons (Fsp3) is 0.895. The molecule has 3 fully saturated rings. The van der Waals surface area contributed by atoms with Gasteiger partial charge in [-0.3, -0.25) is 9.59 Å². The maximum Gasteiger partial charge on any atom is 0.302 e. The molecule has 3 aliphatic rings. The number of rotatable bonds is 1. The van der Waals surface area contributed by atoms with Crippen LogP contribution in [0.2, 0.25) is 0 Å². The summed E-state index contributed by atoms with van der Waals surface area (Å²) in [6.07, 6.45) is 6.86. The Morgan fingerprint density at radius 3 is 2.74 bits per heavy atom. The molecule has 23 heavy (non-hydrogen) atoms. The molecule has 130 valence electrons. The Labute approximate surface area is 139 Å². The van der Waals surface area contributed by atoms with Crippen molar-refractivity contribution >= 4 is 11.8 Å². The van der Waals surface area contributed by atoms with Gasteiger partial charge < -0.3 is 9.64 Å². The fourth-order valence-corrected chi connectivity index (χ4v) is 5.76. The number of ether oxygens (including phenoxy) is 1. The molecule has 0 aromatic carbocycles. The summed E-state index contributed by atoms with van der Waals surface area (Å²) in [5.41, 5.74) is -0.211. The topological polar surface area (TPSA) is 46.6 Å². The van der Waals surface area contributed by atoms with Crippen LogP contribution in [0.15, 0.2) is 0 Å². The zero-order valence-corrected chi connectivity index (χ0v) is 14.8. The van der Waals surface area contributed by atoms with Crippen LogP contribution in [0, 0.1) is 23.2 Å². The summed E-state index contributed by atoms with van der Waals surface area (Å²) in [5, 5.41) is 0. The van der Waals surface area contributed by atoms with Crippen LogP contribution in [-0.2, 0) is 14.3 Å². The van der Waals surface area contributed by atoms with E-state index in [-0.39, 0.29) is 23.4 Å². The molecule has 0 N–H and O–H groups in total. The van der Waals surface area contributed by atoms with Gasteiger partial charge in [0.25, 0.3) is 0 Å². The smallest absolute Gasteiger partial charge is 0.302 e. The van der Waals surface area contributed by atoms with Crippen molar-refractivity contribution < 1.29 is 14.3 Å². The van der Waals surface area contributed by atoms with Crippen LogP contribution in [0.5, 0.6) is 0 Å². The van der Waals surface area contributed by atoms with Crippen molar-refractivity contribution in [2.75, 3.05) is 20.1 Å². The molecule has 0 aromatic heterocycles. The highest BCUT2D eigenvalue weighted by Crippen LogP contribution is 2.59. The van der Waals surface area contributed by atoms with Gasteiger partial charge in [0.2, 0.25) is 0 Å². The normalized spacial score (nSPS) is 42.1. The predicted octanol–water partition coefficient (Wildman–Crippen LogP) is 3.05. The minimum atomic E-state index is -0.211. The number of hydrogen-bond acceptors (Lipinski definition) is 4. The lowest BCUT2D eigenvalue weighted by molar-refractivity contribution is -0.152. The van der Waals surface area contributed by atoms with Crippen molar-refractivity contribution in [3.63, 3.8) is 0 Å². The van der Waals surface area contributed by atoms with Gasteiger partial charge in [0.15, 0.2) is 0 Å². The lowest BCUT2D eigenvalue weighted by Gasteiger charge is -2.44. The first-order valence-corrected chi connectivity index (χ1v) is 9.32. The van der Waals surface area contributed by atoms with Crippen LogP contribution in [0.3, 0.4) is 0 Å². The zero-order chi connectivity index (χ0) is 16.6.